The quantitative estimate of drug-likeness (QED) is 0.265. The molecule has 178 valence electrons. The second kappa shape index (κ2) is 9.44. The van der Waals surface area contributed by atoms with Gasteiger partial charge in [-0.25, -0.2) is 14.3 Å². The molecule has 1 aromatic heterocycles. The molecule has 3 atom stereocenters. The van der Waals surface area contributed by atoms with Gasteiger partial charge in [0.05, 0.1) is 5.56 Å². The van der Waals surface area contributed by atoms with Gasteiger partial charge in [-0.1, -0.05) is 23.9 Å². The number of aliphatic hydroxyl groups is 1. The molecule has 1 aromatic carbocycles. The molecule has 0 spiro atoms. The summed E-state index contributed by atoms with van der Waals surface area (Å²) in [5.74, 6) is -3.26. The van der Waals surface area contributed by atoms with E-state index in [0.717, 1.165) is 4.90 Å². The van der Waals surface area contributed by atoms with Gasteiger partial charge in [-0.2, -0.15) is 0 Å². The van der Waals surface area contributed by atoms with Crippen LogP contribution in [0.5, 0.6) is 0 Å². The first-order valence-electron chi connectivity index (χ1n) is 9.76. The maximum absolute atomic E-state index is 12.8. The highest BCUT2D eigenvalue weighted by molar-refractivity contribution is 8.01. The molecule has 1 saturated heterocycles. The predicted octanol–water partition coefficient (Wildman–Crippen LogP) is -0.527. The van der Waals surface area contributed by atoms with Crippen LogP contribution in [-0.4, -0.2) is 87.1 Å². The summed E-state index contributed by atoms with van der Waals surface area (Å²) in [6.07, 6.45) is -1.63. The van der Waals surface area contributed by atoms with Crippen molar-refractivity contribution >= 4 is 47.3 Å². The monoisotopic (exact) mass is 506 g/mol. The fourth-order valence-corrected chi connectivity index (χ4v) is 5.82. The van der Waals surface area contributed by atoms with Crippen LogP contribution in [0, 0.1) is 0 Å². The van der Waals surface area contributed by atoms with E-state index in [1.807, 2.05) is 0 Å². The summed E-state index contributed by atoms with van der Waals surface area (Å²) in [5.41, 5.74) is 0.549. The molecule has 2 aromatic rings. The van der Waals surface area contributed by atoms with Gasteiger partial charge in [-0.3, -0.25) is 14.5 Å². The molecule has 15 heteroatoms. The van der Waals surface area contributed by atoms with Crippen molar-refractivity contribution in [3.05, 3.63) is 46.7 Å². The number of aromatic nitrogens is 4. The molecule has 0 saturated carbocycles. The number of nitrogens with one attached hydrogen (secondary N) is 1. The minimum Gasteiger partial charge on any atom is -0.478 e. The average Bonchev–Trinajstić information content (AvgIpc) is 3.24. The lowest BCUT2D eigenvalue weighted by molar-refractivity contribution is -0.151. The molecule has 13 nitrogen and oxygen atoms in total. The number of nitrogens with zero attached hydrogens (tertiary/aromatic N) is 5. The Morgan fingerprint density at radius 1 is 1.24 bits per heavy atom. The third-order valence-corrected chi connectivity index (χ3v) is 7.66. The zero-order valence-electron chi connectivity index (χ0n) is 17.5. The van der Waals surface area contributed by atoms with Crippen LogP contribution in [0.15, 0.2) is 40.7 Å². The van der Waals surface area contributed by atoms with Crippen LogP contribution >= 0.6 is 23.5 Å². The number of carbonyl (C=O) groups excluding carboxylic acids is 2. The van der Waals surface area contributed by atoms with E-state index in [4.69, 9.17) is 5.11 Å². The zero-order valence-corrected chi connectivity index (χ0v) is 19.1. The lowest BCUT2D eigenvalue weighted by Crippen LogP contribution is -2.70. The van der Waals surface area contributed by atoms with Gasteiger partial charge in [-0.05, 0) is 33.7 Å². The molecular weight excluding hydrogens is 488 g/mol. The fourth-order valence-electron chi connectivity index (χ4n) is 3.48. The zero-order chi connectivity index (χ0) is 24.6. The number of aryl methyl sites for hydroxylation is 1. The van der Waals surface area contributed by atoms with Crippen LogP contribution in [0.1, 0.15) is 22.0 Å². The number of carbonyl (C=O) groups is 4. The third-order valence-electron chi connectivity index (χ3n) is 5.23. The summed E-state index contributed by atoms with van der Waals surface area (Å²) in [7, 11) is 1.65. The van der Waals surface area contributed by atoms with E-state index in [0.29, 0.717) is 16.5 Å². The summed E-state index contributed by atoms with van der Waals surface area (Å²) in [4.78, 5) is 49.3. The van der Waals surface area contributed by atoms with Crippen LogP contribution in [0.2, 0.25) is 0 Å². The molecule has 2 unspecified atom stereocenters. The Labute approximate surface area is 200 Å². The Hall–Kier alpha value is -3.43. The summed E-state index contributed by atoms with van der Waals surface area (Å²) < 4.78 is 1.45. The first-order valence-corrected chi connectivity index (χ1v) is 11.8. The van der Waals surface area contributed by atoms with Gasteiger partial charge < -0.3 is 20.6 Å². The van der Waals surface area contributed by atoms with Crippen molar-refractivity contribution < 1.29 is 34.5 Å². The van der Waals surface area contributed by atoms with Gasteiger partial charge in [0.15, 0.2) is 6.10 Å². The van der Waals surface area contributed by atoms with E-state index in [-0.39, 0.29) is 22.6 Å². The molecule has 1 fully saturated rings. The Balaban J connectivity index is 1.44. The minimum absolute atomic E-state index is 0.00262. The van der Waals surface area contributed by atoms with Gasteiger partial charge in [0, 0.05) is 18.6 Å². The number of aromatic carboxylic acids is 1. The number of amides is 2. The van der Waals surface area contributed by atoms with Crippen LogP contribution in [-0.2, 0) is 21.4 Å². The van der Waals surface area contributed by atoms with E-state index in [1.165, 1.54) is 52.5 Å². The molecule has 2 aliphatic heterocycles. The molecule has 4 N–H and O–H groups in total. The van der Waals surface area contributed by atoms with Crippen molar-refractivity contribution in [2.45, 2.75) is 22.7 Å². The van der Waals surface area contributed by atoms with Gasteiger partial charge in [-0.15, -0.1) is 16.9 Å². The number of aliphatic carboxylic acids is 1. The molecule has 4 rings (SSSR count). The van der Waals surface area contributed by atoms with Gasteiger partial charge in [0.25, 0.3) is 11.8 Å². The lowest BCUT2D eigenvalue weighted by Gasteiger charge is -2.49. The maximum atomic E-state index is 12.8. The van der Waals surface area contributed by atoms with Crippen molar-refractivity contribution in [1.82, 2.24) is 30.4 Å². The van der Waals surface area contributed by atoms with Crippen molar-refractivity contribution in [2.75, 3.05) is 11.5 Å². The van der Waals surface area contributed by atoms with E-state index in [9.17, 15) is 29.4 Å². The predicted molar refractivity (Wildman–Crippen MR) is 118 cm³/mol. The van der Waals surface area contributed by atoms with E-state index in [2.05, 4.69) is 20.8 Å². The second-order valence-electron chi connectivity index (χ2n) is 7.36. The number of thioether (sulfide) groups is 2. The smallest absolute Gasteiger partial charge is 0.352 e. The number of tetrazole rings is 1. The number of benzene rings is 1. The Morgan fingerprint density at radius 3 is 2.53 bits per heavy atom. The number of carboxylic acids is 2. The Bertz CT molecular complexity index is 1200. The highest BCUT2D eigenvalue weighted by atomic mass is 32.2. The number of aliphatic hydroxyl groups excluding tert-OH is 1. The molecule has 0 bridgehead atoms. The van der Waals surface area contributed by atoms with Crippen LogP contribution in [0.3, 0.4) is 0 Å². The number of β-lactam (4-membered cyclic amide) rings is 1. The number of fused-ring (bicyclic) bond motifs is 1. The van der Waals surface area contributed by atoms with Gasteiger partial charge in [0.1, 0.15) is 17.1 Å². The summed E-state index contributed by atoms with van der Waals surface area (Å²) >= 11 is 2.54. The lowest BCUT2D eigenvalue weighted by atomic mass is 10.0. The SMILES string of the molecule is Cn1nnnc1SCC1=C(C(=O)O)N2C(=O)C(NC(=O)C(O)c3ccc(C(=O)O)cc3)[C@H]2SC1. The van der Waals surface area contributed by atoms with Gasteiger partial charge >= 0.3 is 11.9 Å². The minimum atomic E-state index is -1.63. The molecule has 0 aliphatic carbocycles. The van der Waals surface area contributed by atoms with E-state index < -0.39 is 41.3 Å². The van der Waals surface area contributed by atoms with E-state index in [1.54, 1.807) is 7.05 Å². The first kappa shape index (κ1) is 23.7. The van der Waals surface area contributed by atoms with E-state index >= 15 is 0 Å². The molecule has 34 heavy (non-hydrogen) atoms. The second-order valence-corrected chi connectivity index (χ2v) is 9.40. The third kappa shape index (κ3) is 4.36. The number of rotatable bonds is 8. The largest absolute Gasteiger partial charge is 0.478 e. The van der Waals surface area contributed by atoms with Crippen molar-refractivity contribution in [3.8, 4) is 0 Å². The number of hydrogen-bond acceptors (Lipinski definition) is 10. The highest BCUT2D eigenvalue weighted by Gasteiger charge is 2.54. The normalized spacial score (nSPS) is 20.4. The summed E-state index contributed by atoms with van der Waals surface area (Å²) in [5, 5.41) is 42.4. The fraction of sp³-hybridized carbons (Fsp3) is 0.316. The van der Waals surface area contributed by atoms with Gasteiger partial charge in [0.2, 0.25) is 5.16 Å². The van der Waals surface area contributed by atoms with Crippen LogP contribution in [0.25, 0.3) is 0 Å². The van der Waals surface area contributed by atoms with Crippen LogP contribution in [0.4, 0.5) is 0 Å². The molecule has 2 aliphatic rings. The highest BCUT2D eigenvalue weighted by Crippen LogP contribution is 2.41. The van der Waals surface area contributed by atoms with Crippen molar-refractivity contribution in [2.24, 2.45) is 7.05 Å². The summed E-state index contributed by atoms with van der Waals surface area (Å²) in [6, 6.07) is 4.11. The standard InChI is InChI=1S/C19H18N6O7S2/c1-24-19(21-22-23-24)34-7-10-6-33-16-11(15(28)25(16)12(10)18(31)32)20-14(27)13(26)8-2-4-9(5-3-8)17(29)30/h2-5,11,13,16,26H,6-7H2,1H3,(H,20,27)(H,29,30)(H,31,32)/t11?,13?,16-/m1/s1. The molecule has 3 heterocycles. The Morgan fingerprint density at radius 2 is 1.94 bits per heavy atom. The Kier molecular flexibility index (Phi) is 6.58. The van der Waals surface area contributed by atoms with Crippen LogP contribution < -0.4 is 5.32 Å². The van der Waals surface area contributed by atoms with Crippen molar-refractivity contribution in [1.29, 1.82) is 0 Å². The average molecular weight is 507 g/mol. The topological polar surface area (TPSA) is 188 Å². The van der Waals surface area contributed by atoms with Crippen molar-refractivity contribution in [3.63, 3.8) is 0 Å². The molecule has 2 amide bonds. The first-order chi connectivity index (χ1) is 16.2. The summed E-state index contributed by atoms with van der Waals surface area (Å²) in [6.45, 7) is 0. The molecule has 0 radical (unpaired) electrons. The maximum Gasteiger partial charge on any atom is 0.352 e. The molecular formula is C19H18N6O7S2. The number of hydrogen-bond donors (Lipinski definition) is 4. The number of carboxylic acid groups (broad SMARTS) is 2.